The van der Waals surface area contributed by atoms with E-state index in [4.69, 9.17) is 0 Å². The van der Waals surface area contributed by atoms with Gasteiger partial charge in [0, 0.05) is 12.4 Å². The monoisotopic (exact) mass is 173 g/mol. The summed E-state index contributed by atoms with van der Waals surface area (Å²) in [6, 6.07) is 4.18. The van der Waals surface area contributed by atoms with Gasteiger partial charge in [0.25, 0.3) is 0 Å². The van der Waals surface area contributed by atoms with E-state index in [0.29, 0.717) is 0 Å². The molecule has 1 heteroatoms. The molecule has 13 heavy (non-hydrogen) atoms. The van der Waals surface area contributed by atoms with Gasteiger partial charge in [-0.3, -0.25) is 4.98 Å². The van der Waals surface area contributed by atoms with Crippen LogP contribution < -0.4 is 0 Å². The smallest absolute Gasteiger partial charge is 0.0300 e. The lowest BCUT2D eigenvalue weighted by Crippen LogP contribution is -2.04. The second kappa shape index (κ2) is 4.22. The molecule has 68 valence electrons. The molecule has 0 N–H and O–H groups in total. The lowest BCUT2D eigenvalue weighted by molar-refractivity contribution is 0.538. The molecule has 0 saturated carbocycles. The Hall–Kier alpha value is -1.11. The van der Waals surface area contributed by atoms with E-state index in [1.807, 2.05) is 18.5 Å². The summed E-state index contributed by atoms with van der Waals surface area (Å²) in [6.07, 6.45) is 13.6. The molecule has 0 amide bonds. The Morgan fingerprint density at radius 2 is 2.46 bits per heavy atom. The van der Waals surface area contributed by atoms with E-state index in [-0.39, 0.29) is 0 Å². The summed E-state index contributed by atoms with van der Waals surface area (Å²) in [6.45, 7) is 0. The lowest BCUT2D eigenvalue weighted by Gasteiger charge is -2.15. The summed E-state index contributed by atoms with van der Waals surface area (Å²) in [7, 11) is 0. The van der Waals surface area contributed by atoms with Crippen molar-refractivity contribution >= 4 is 0 Å². The maximum Gasteiger partial charge on any atom is 0.0300 e. The zero-order valence-electron chi connectivity index (χ0n) is 7.82. The SMILES string of the molecule is C1=CC(Cc2cccnc2)CCC1. The summed E-state index contributed by atoms with van der Waals surface area (Å²) >= 11 is 0. The van der Waals surface area contributed by atoms with E-state index in [2.05, 4.69) is 23.2 Å². The molecule has 1 unspecified atom stereocenters. The fourth-order valence-corrected chi connectivity index (χ4v) is 1.87. The zero-order chi connectivity index (χ0) is 8.93. The maximum absolute atomic E-state index is 4.13. The van der Waals surface area contributed by atoms with E-state index >= 15 is 0 Å². The van der Waals surface area contributed by atoms with Crippen LogP contribution in [0, 0.1) is 5.92 Å². The second-order valence-electron chi connectivity index (χ2n) is 3.68. The number of rotatable bonds is 2. The molecule has 1 heterocycles. The molecule has 0 fully saturated rings. The first-order valence-electron chi connectivity index (χ1n) is 5.01. The maximum atomic E-state index is 4.13. The molecular formula is C12H15N. The van der Waals surface area contributed by atoms with Crippen molar-refractivity contribution < 1.29 is 0 Å². The molecule has 0 spiro atoms. The summed E-state index contributed by atoms with van der Waals surface area (Å²) < 4.78 is 0. The molecule has 1 aromatic rings. The Kier molecular flexibility index (Phi) is 2.75. The first-order chi connectivity index (χ1) is 6.45. The molecule has 0 radical (unpaired) electrons. The van der Waals surface area contributed by atoms with E-state index in [1.165, 1.54) is 24.8 Å². The molecule has 1 nitrogen and oxygen atoms in total. The first-order valence-corrected chi connectivity index (χ1v) is 5.01. The molecule has 0 bridgehead atoms. The third kappa shape index (κ3) is 2.41. The Labute approximate surface area is 79.5 Å². The predicted molar refractivity (Wildman–Crippen MR) is 54.4 cm³/mol. The normalized spacial score (nSPS) is 21.7. The van der Waals surface area contributed by atoms with Gasteiger partial charge in [-0.2, -0.15) is 0 Å². The molecular weight excluding hydrogens is 158 g/mol. The average molecular weight is 173 g/mol. The van der Waals surface area contributed by atoms with Crippen LogP contribution in [-0.4, -0.2) is 4.98 Å². The van der Waals surface area contributed by atoms with E-state index in [1.54, 1.807) is 0 Å². The molecule has 2 rings (SSSR count). The molecule has 1 atom stereocenters. The van der Waals surface area contributed by atoms with Crippen molar-refractivity contribution in [1.82, 2.24) is 4.98 Å². The van der Waals surface area contributed by atoms with Crippen molar-refractivity contribution in [3.63, 3.8) is 0 Å². The van der Waals surface area contributed by atoms with Crippen molar-refractivity contribution in [2.24, 2.45) is 5.92 Å². The van der Waals surface area contributed by atoms with Crippen LogP contribution in [0.5, 0.6) is 0 Å². The zero-order valence-corrected chi connectivity index (χ0v) is 7.82. The van der Waals surface area contributed by atoms with Crippen molar-refractivity contribution in [2.45, 2.75) is 25.7 Å². The highest BCUT2D eigenvalue weighted by Crippen LogP contribution is 2.20. The van der Waals surface area contributed by atoms with Gasteiger partial charge in [-0.1, -0.05) is 18.2 Å². The third-order valence-electron chi connectivity index (χ3n) is 2.57. The van der Waals surface area contributed by atoms with Gasteiger partial charge < -0.3 is 0 Å². The fourth-order valence-electron chi connectivity index (χ4n) is 1.87. The van der Waals surface area contributed by atoms with Crippen LogP contribution in [0.3, 0.4) is 0 Å². The summed E-state index contributed by atoms with van der Waals surface area (Å²) in [5.74, 6) is 0.748. The Morgan fingerprint density at radius 3 is 3.15 bits per heavy atom. The third-order valence-corrected chi connectivity index (χ3v) is 2.57. The predicted octanol–water partition coefficient (Wildman–Crippen LogP) is 2.98. The number of nitrogens with zero attached hydrogens (tertiary/aromatic N) is 1. The van der Waals surface area contributed by atoms with E-state index < -0.39 is 0 Å². The van der Waals surface area contributed by atoms with Gasteiger partial charge in [-0.15, -0.1) is 0 Å². The average Bonchev–Trinajstić information content (AvgIpc) is 2.21. The fraction of sp³-hybridized carbons (Fsp3) is 0.417. The van der Waals surface area contributed by atoms with Gasteiger partial charge in [-0.25, -0.2) is 0 Å². The lowest BCUT2D eigenvalue weighted by atomic mass is 9.91. The van der Waals surface area contributed by atoms with Crippen molar-refractivity contribution in [3.05, 3.63) is 42.2 Å². The van der Waals surface area contributed by atoms with Crippen LogP contribution in [0.15, 0.2) is 36.7 Å². The molecule has 1 aromatic heterocycles. The number of pyridine rings is 1. The van der Waals surface area contributed by atoms with Crippen LogP contribution in [0.2, 0.25) is 0 Å². The Morgan fingerprint density at radius 1 is 1.46 bits per heavy atom. The molecule has 1 aliphatic carbocycles. The number of allylic oxidation sites excluding steroid dienone is 2. The first kappa shape index (κ1) is 8.49. The van der Waals surface area contributed by atoms with Crippen molar-refractivity contribution in [1.29, 1.82) is 0 Å². The summed E-state index contributed by atoms with van der Waals surface area (Å²) in [4.78, 5) is 4.13. The van der Waals surface area contributed by atoms with Gasteiger partial charge in [0.05, 0.1) is 0 Å². The van der Waals surface area contributed by atoms with Crippen LogP contribution in [-0.2, 0) is 6.42 Å². The number of aromatic nitrogens is 1. The van der Waals surface area contributed by atoms with E-state index in [0.717, 1.165) is 12.3 Å². The van der Waals surface area contributed by atoms with Crippen molar-refractivity contribution in [3.8, 4) is 0 Å². The van der Waals surface area contributed by atoms with Gasteiger partial charge in [0.2, 0.25) is 0 Å². The highest BCUT2D eigenvalue weighted by Gasteiger charge is 2.08. The Bertz CT molecular complexity index is 276. The minimum atomic E-state index is 0.748. The second-order valence-corrected chi connectivity index (χ2v) is 3.68. The van der Waals surface area contributed by atoms with Gasteiger partial charge in [0.15, 0.2) is 0 Å². The van der Waals surface area contributed by atoms with Crippen LogP contribution in [0.4, 0.5) is 0 Å². The quantitative estimate of drug-likeness (QED) is 0.626. The molecule has 0 saturated heterocycles. The molecule has 1 aliphatic rings. The van der Waals surface area contributed by atoms with Gasteiger partial charge >= 0.3 is 0 Å². The van der Waals surface area contributed by atoms with Crippen molar-refractivity contribution in [2.75, 3.05) is 0 Å². The highest BCUT2D eigenvalue weighted by atomic mass is 14.6. The standard InChI is InChI=1S/C12H15N/c1-2-5-11(6-3-1)9-12-7-4-8-13-10-12/h2,4-5,7-8,10-11H,1,3,6,9H2. The number of hydrogen-bond acceptors (Lipinski definition) is 1. The van der Waals surface area contributed by atoms with Crippen LogP contribution in [0.1, 0.15) is 24.8 Å². The molecule has 0 aromatic carbocycles. The van der Waals surface area contributed by atoms with Crippen LogP contribution >= 0.6 is 0 Å². The Balaban J connectivity index is 1.98. The van der Waals surface area contributed by atoms with E-state index in [9.17, 15) is 0 Å². The summed E-state index contributed by atoms with van der Waals surface area (Å²) in [5.41, 5.74) is 1.36. The van der Waals surface area contributed by atoms with Crippen LogP contribution in [0.25, 0.3) is 0 Å². The largest absolute Gasteiger partial charge is 0.264 e. The highest BCUT2D eigenvalue weighted by molar-refractivity contribution is 5.11. The molecule has 0 aliphatic heterocycles. The van der Waals surface area contributed by atoms with Gasteiger partial charge in [0.1, 0.15) is 0 Å². The van der Waals surface area contributed by atoms with Gasteiger partial charge in [-0.05, 0) is 43.2 Å². The topological polar surface area (TPSA) is 12.9 Å². The minimum Gasteiger partial charge on any atom is -0.264 e. The number of hydrogen-bond donors (Lipinski definition) is 0. The minimum absolute atomic E-state index is 0.748. The summed E-state index contributed by atoms with van der Waals surface area (Å²) in [5, 5.41) is 0.